The number of nitrogens with zero attached hydrogens (tertiary/aromatic N) is 1. The maximum atomic E-state index is 5.99. The fourth-order valence-electron chi connectivity index (χ4n) is 3.95. The van der Waals surface area contributed by atoms with Gasteiger partial charge in [0.25, 0.3) is 0 Å². The van der Waals surface area contributed by atoms with Gasteiger partial charge in [0.15, 0.2) is 0 Å². The largest absolute Gasteiger partial charge is 0.495 e. The summed E-state index contributed by atoms with van der Waals surface area (Å²) in [5.74, 6) is 0.775. The van der Waals surface area contributed by atoms with Crippen LogP contribution in [0.3, 0.4) is 0 Å². The highest BCUT2D eigenvalue weighted by Gasteiger charge is 2.36. The molecule has 3 heteroatoms. The first-order valence-electron chi connectivity index (χ1n) is 7.86. The molecule has 1 aliphatic heterocycles. The van der Waals surface area contributed by atoms with E-state index in [2.05, 4.69) is 17.0 Å². The number of nitrogens with two attached hydrogens (primary N) is 1. The van der Waals surface area contributed by atoms with E-state index < -0.39 is 0 Å². The lowest BCUT2D eigenvalue weighted by Crippen LogP contribution is -2.38. The molecule has 2 N–H and O–H groups in total. The number of hydrogen-bond acceptors (Lipinski definition) is 3. The summed E-state index contributed by atoms with van der Waals surface area (Å²) in [7, 11) is 1.66. The molecular formula is C17H26N2O. The van der Waals surface area contributed by atoms with E-state index in [1.807, 2.05) is 6.07 Å². The first-order chi connectivity index (χ1) is 9.71. The van der Waals surface area contributed by atoms with Gasteiger partial charge in [-0.2, -0.15) is 0 Å². The molecule has 3 nitrogen and oxygen atoms in total. The predicted octanol–water partition coefficient (Wildman–Crippen LogP) is 3.43. The molecule has 110 valence electrons. The maximum absolute atomic E-state index is 5.99. The molecule has 1 saturated carbocycles. The average molecular weight is 274 g/mol. The van der Waals surface area contributed by atoms with Crippen molar-refractivity contribution in [3.63, 3.8) is 0 Å². The van der Waals surface area contributed by atoms with Gasteiger partial charge in [-0.1, -0.05) is 18.9 Å². The fraction of sp³-hybridized carbons (Fsp3) is 0.647. The van der Waals surface area contributed by atoms with Crippen LogP contribution in [-0.2, 0) is 6.54 Å². The van der Waals surface area contributed by atoms with Gasteiger partial charge in [-0.25, -0.2) is 0 Å². The van der Waals surface area contributed by atoms with Crippen LogP contribution in [0.5, 0.6) is 5.75 Å². The number of rotatable bonds is 3. The zero-order valence-corrected chi connectivity index (χ0v) is 12.5. The minimum atomic E-state index is 0.704. The van der Waals surface area contributed by atoms with Crippen LogP contribution in [0.1, 0.15) is 44.1 Å². The second-order valence-electron chi connectivity index (χ2n) is 6.56. The Kier molecular flexibility index (Phi) is 3.88. The molecule has 1 aromatic carbocycles. The minimum Gasteiger partial charge on any atom is -0.495 e. The molecule has 1 spiro atoms. The number of likely N-dealkylation sites (tertiary alicyclic amines) is 1. The van der Waals surface area contributed by atoms with E-state index in [-0.39, 0.29) is 0 Å². The summed E-state index contributed by atoms with van der Waals surface area (Å²) in [6, 6.07) is 6.17. The highest BCUT2D eigenvalue weighted by Crippen LogP contribution is 2.46. The van der Waals surface area contributed by atoms with E-state index in [1.54, 1.807) is 7.11 Å². The first kappa shape index (κ1) is 13.7. The van der Waals surface area contributed by atoms with Crippen molar-refractivity contribution in [1.29, 1.82) is 0 Å². The number of benzene rings is 1. The lowest BCUT2D eigenvalue weighted by molar-refractivity contribution is 0.103. The maximum Gasteiger partial charge on any atom is 0.141 e. The van der Waals surface area contributed by atoms with Gasteiger partial charge in [0.05, 0.1) is 12.8 Å². The minimum absolute atomic E-state index is 0.704. The van der Waals surface area contributed by atoms with E-state index in [4.69, 9.17) is 10.5 Å². The molecule has 1 aliphatic carbocycles. The Bertz CT molecular complexity index is 456. The van der Waals surface area contributed by atoms with Crippen molar-refractivity contribution in [3.05, 3.63) is 23.8 Å². The van der Waals surface area contributed by atoms with Crippen molar-refractivity contribution in [2.75, 3.05) is 25.9 Å². The van der Waals surface area contributed by atoms with Gasteiger partial charge >= 0.3 is 0 Å². The second-order valence-corrected chi connectivity index (χ2v) is 6.56. The summed E-state index contributed by atoms with van der Waals surface area (Å²) in [5, 5.41) is 0. The van der Waals surface area contributed by atoms with Crippen LogP contribution in [-0.4, -0.2) is 25.1 Å². The molecule has 0 unspecified atom stereocenters. The Morgan fingerprint density at radius 3 is 2.45 bits per heavy atom. The molecule has 1 aromatic rings. The highest BCUT2D eigenvalue weighted by atomic mass is 16.5. The number of methoxy groups -OCH3 is 1. The summed E-state index contributed by atoms with van der Waals surface area (Å²) in [6.45, 7) is 3.50. The third-order valence-electron chi connectivity index (χ3n) is 5.28. The monoisotopic (exact) mass is 274 g/mol. The lowest BCUT2D eigenvalue weighted by Gasteiger charge is -2.39. The second kappa shape index (κ2) is 5.65. The molecule has 0 bridgehead atoms. The summed E-state index contributed by atoms with van der Waals surface area (Å²) in [6.07, 6.45) is 8.62. The predicted molar refractivity (Wildman–Crippen MR) is 82.8 cm³/mol. The smallest absolute Gasteiger partial charge is 0.141 e. The van der Waals surface area contributed by atoms with Crippen molar-refractivity contribution in [3.8, 4) is 5.75 Å². The van der Waals surface area contributed by atoms with Crippen LogP contribution in [0, 0.1) is 5.41 Å². The number of hydrogen-bond donors (Lipinski definition) is 1. The Morgan fingerprint density at radius 1 is 1.15 bits per heavy atom. The molecule has 0 amide bonds. The van der Waals surface area contributed by atoms with Crippen LogP contribution in [0.4, 0.5) is 5.69 Å². The fourth-order valence-corrected chi connectivity index (χ4v) is 3.95. The number of anilines is 1. The molecule has 0 atom stereocenters. The normalized spacial score (nSPS) is 22.2. The van der Waals surface area contributed by atoms with E-state index in [0.717, 1.165) is 18.0 Å². The molecule has 1 heterocycles. The van der Waals surface area contributed by atoms with Gasteiger partial charge in [-0.15, -0.1) is 0 Å². The summed E-state index contributed by atoms with van der Waals surface area (Å²) in [5.41, 5.74) is 8.73. The van der Waals surface area contributed by atoms with Crippen molar-refractivity contribution < 1.29 is 4.74 Å². The van der Waals surface area contributed by atoms with Crippen molar-refractivity contribution in [2.45, 2.75) is 45.1 Å². The standard InChI is InChI=1S/C17H26N2O/c1-20-16-5-4-14(12-15(16)18)13-19-10-8-17(9-11-19)6-2-3-7-17/h4-5,12H,2-3,6-11,13,18H2,1H3. The number of ether oxygens (including phenoxy) is 1. The molecule has 3 rings (SSSR count). The molecule has 2 aliphatic rings. The summed E-state index contributed by atoms with van der Waals surface area (Å²) in [4.78, 5) is 2.57. The lowest BCUT2D eigenvalue weighted by atomic mass is 9.77. The number of nitrogen functional groups attached to an aromatic ring is 1. The van der Waals surface area contributed by atoms with Crippen LogP contribution in [0.2, 0.25) is 0 Å². The molecule has 0 radical (unpaired) electrons. The third-order valence-corrected chi connectivity index (χ3v) is 5.28. The molecular weight excluding hydrogens is 248 g/mol. The van der Waals surface area contributed by atoms with Gasteiger partial charge < -0.3 is 10.5 Å². The van der Waals surface area contributed by atoms with Gasteiger partial charge in [-0.05, 0) is 61.9 Å². The molecule has 20 heavy (non-hydrogen) atoms. The topological polar surface area (TPSA) is 38.5 Å². The molecule has 2 fully saturated rings. The van der Waals surface area contributed by atoms with Gasteiger partial charge in [0, 0.05) is 6.54 Å². The Labute approximate surface area is 122 Å². The zero-order chi connectivity index (χ0) is 14.0. The average Bonchev–Trinajstić information content (AvgIpc) is 2.90. The van der Waals surface area contributed by atoms with Crippen LogP contribution >= 0.6 is 0 Å². The van der Waals surface area contributed by atoms with Crippen LogP contribution < -0.4 is 10.5 Å². The Morgan fingerprint density at radius 2 is 1.85 bits per heavy atom. The van der Waals surface area contributed by atoms with E-state index in [1.165, 1.54) is 57.2 Å². The van der Waals surface area contributed by atoms with Crippen LogP contribution in [0.25, 0.3) is 0 Å². The van der Waals surface area contributed by atoms with Gasteiger partial charge in [0.2, 0.25) is 0 Å². The summed E-state index contributed by atoms with van der Waals surface area (Å²) < 4.78 is 5.21. The van der Waals surface area contributed by atoms with Crippen molar-refractivity contribution >= 4 is 5.69 Å². The number of piperidine rings is 1. The SMILES string of the molecule is COc1ccc(CN2CCC3(CCCC3)CC2)cc1N. The molecule has 0 aromatic heterocycles. The van der Waals surface area contributed by atoms with Gasteiger partial charge in [0.1, 0.15) is 5.75 Å². The highest BCUT2D eigenvalue weighted by molar-refractivity contribution is 5.54. The Hall–Kier alpha value is -1.22. The van der Waals surface area contributed by atoms with Gasteiger partial charge in [-0.3, -0.25) is 4.90 Å². The third kappa shape index (κ3) is 2.78. The van der Waals surface area contributed by atoms with E-state index in [9.17, 15) is 0 Å². The first-order valence-corrected chi connectivity index (χ1v) is 7.86. The van der Waals surface area contributed by atoms with E-state index in [0.29, 0.717) is 5.41 Å². The molecule has 1 saturated heterocycles. The van der Waals surface area contributed by atoms with Crippen molar-refractivity contribution in [1.82, 2.24) is 4.90 Å². The van der Waals surface area contributed by atoms with E-state index >= 15 is 0 Å². The zero-order valence-electron chi connectivity index (χ0n) is 12.5. The van der Waals surface area contributed by atoms with Crippen molar-refractivity contribution in [2.24, 2.45) is 5.41 Å². The Balaban J connectivity index is 1.58. The quantitative estimate of drug-likeness (QED) is 0.858. The summed E-state index contributed by atoms with van der Waals surface area (Å²) >= 11 is 0. The van der Waals surface area contributed by atoms with Crippen LogP contribution in [0.15, 0.2) is 18.2 Å².